The van der Waals surface area contributed by atoms with Crippen molar-refractivity contribution < 1.29 is 19.1 Å². The van der Waals surface area contributed by atoms with Crippen molar-refractivity contribution in [2.75, 3.05) is 20.0 Å². The Morgan fingerprint density at radius 2 is 2.10 bits per heavy atom. The van der Waals surface area contributed by atoms with E-state index in [0.717, 1.165) is 15.0 Å². The van der Waals surface area contributed by atoms with Crippen LogP contribution in [0.4, 0.5) is 0 Å². The topological polar surface area (TPSA) is 78.6 Å². The van der Waals surface area contributed by atoms with E-state index in [1.165, 1.54) is 30.2 Å². The molecule has 0 atom stereocenters. The largest absolute Gasteiger partial charge is 0.497 e. The second-order valence-electron chi connectivity index (χ2n) is 4.16. The van der Waals surface area contributed by atoms with Crippen molar-refractivity contribution in [2.45, 2.75) is 11.3 Å². The molecule has 1 aromatic heterocycles. The van der Waals surface area contributed by atoms with E-state index in [0.29, 0.717) is 16.4 Å². The van der Waals surface area contributed by atoms with E-state index in [-0.39, 0.29) is 12.4 Å². The lowest BCUT2D eigenvalue weighted by molar-refractivity contribution is -0.140. The Balaban J connectivity index is 2.35. The first kappa shape index (κ1) is 15.7. The van der Waals surface area contributed by atoms with E-state index in [4.69, 9.17) is 10.5 Å². The molecule has 2 N–H and O–H groups in total. The number of rotatable bonds is 6. The zero-order chi connectivity index (χ0) is 15.4. The maximum atomic E-state index is 11.6. The molecule has 0 saturated heterocycles. The first-order valence-electron chi connectivity index (χ1n) is 6.16. The molecule has 0 aliphatic heterocycles. The summed E-state index contributed by atoms with van der Waals surface area (Å²) in [7, 11) is 2.94. The normalized spacial score (nSPS) is 10.6. The summed E-state index contributed by atoms with van der Waals surface area (Å²) in [4.78, 5) is 24.1. The minimum absolute atomic E-state index is 0.278. The van der Waals surface area contributed by atoms with Gasteiger partial charge in [-0.2, -0.15) is 0 Å². The summed E-state index contributed by atoms with van der Waals surface area (Å²) < 4.78 is 10.8. The summed E-state index contributed by atoms with van der Waals surface area (Å²) in [6, 6.07) is 5.61. The number of primary amides is 1. The summed E-state index contributed by atoms with van der Waals surface area (Å²) >= 11 is 2.78. The van der Waals surface area contributed by atoms with E-state index in [2.05, 4.69) is 4.74 Å². The van der Waals surface area contributed by atoms with Gasteiger partial charge in [0.1, 0.15) is 10.6 Å². The standard InChI is InChI=1S/C14H15NO4S2/c1-18-8-3-4-10-9(7-8)12(13(21-10)14(15)17)20-6-5-11(16)19-2/h3-4,7H,5-6H2,1-2H3,(H2,15,17). The van der Waals surface area contributed by atoms with Gasteiger partial charge in [0.2, 0.25) is 0 Å². The van der Waals surface area contributed by atoms with Gasteiger partial charge in [0.05, 0.1) is 20.6 Å². The predicted octanol–water partition coefficient (Wildman–Crippen LogP) is 2.66. The number of carbonyl (C=O) groups is 2. The number of amides is 1. The molecule has 112 valence electrons. The van der Waals surface area contributed by atoms with Gasteiger partial charge < -0.3 is 15.2 Å². The molecule has 0 spiro atoms. The lowest BCUT2D eigenvalue weighted by atomic mass is 10.2. The smallest absolute Gasteiger partial charge is 0.306 e. The molecule has 0 saturated carbocycles. The van der Waals surface area contributed by atoms with Gasteiger partial charge >= 0.3 is 5.97 Å². The minimum atomic E-state index is -0.462. The second kappa shape index (κ2) is 6.82. The van der Waals surface area contributed by atoms with Crippen LogP contribution in [0.5, 0.6) is 5.75 Å². The van der Waals surface area contributed by atoms with Crippen LogP contribution >= 0.6 is 23.1 Å². The van der Waals surface area contributed by atoms with Gasteiger partial charge in [0.25, 0.3) is 5.91 Å². The van der Waals surface area contributed by atoms with Crippen LogP contribution in [0.25, 0.3) is 10.1 Å². The number of thiophene rings is 1. The van der Waals surface area contributed by atoms with Crippen LogP contribution in [0.1, 0.15) is 16.1 Å². The quantitative estimate of drug-likeness (QED) is 0.652. The maximum Gasteiger partial charge on any atom is 0.306 e. The first-order chi connectivity index (χ1) is 10.1. The fourth-order valence-corrected chi connectivity index (χ4v) is 4.15. The molecule has 21 heavy (non-hydrogen) atoms. The van der Waals surface area contributed by atoms with Gasteiger partial charge in [-0.1, -0.05) is 0 Å². The molecule has 0 fully saturated rings. The van der Waals surface area contributed by atoms with E-state index in [9.17, 15) is 9.59 Å². The summed E-state index contributed by atoms with van der Waals surface area (Å²) in [5.41, 5.74) is 5.44. The van der Waals surface area contributed by atoms with Gasteiger partial charge in [-0.15, -0.1) is 23.1 Å². The maximum absolute atomic E-state index is 11.6. The third-order valence-electron chi connectivity index (χ3n) is 2.85. The Morgan fingerprint density at radius 1 is 1.33 bits per heavy atom. The number of ether oxygens (including phenoxy) is 2. The summed E-state index contributed by atoms with van der Waals surface area (Å²) in [6.45, 7) is 0. The van der Waals surface area contributed by atoms with E-state index in [1.807, 2.05) is 18.2 Å². The molecule has 1 heterocycles. The first-order valence-corrected chi connectivity index (χ1v) is 7.97. The Bertz CT molecular complexity index is 681. The lowest BCUT2D eigenvalue weighted by Gasteiger charge is -2.03. The highest BCUT2D eigenvalue weighted by molar-refractivity contribution is 7.99. The van der Waals surface area contributed by atoms with Crippen molar-refractivity contribution in [3.63, 3.8) is 0 Å². The Morgan fingerprint density at radius 3 is 2.71 bits per heavy atom. The van der Waals surface area contributed by atoms with Crippen molar-refractivity contribution >= 4 is 45.1 Å². The third kappa shape index (κ3) is 3.48. The van der Waals surface area contributed by atoms with Crippen LogP contribution in [0.15, 0.2) is 23.1 Å². The zero-order valence-corrected chi connectivity index (χ0v) is 13.3. The number of thioether (sulfide) groups is 1. The van der Waals surface area contributed by atoms with Gasteiger partial charge in [-0.3, -0.25) is 9.59 Å². The molecular weight excluding hydrogens is 310 g/mol. The SMILES string of the molecule is COC(=O)CCSc1c(C(N)=O)sc2ccc(OC)cc12. The number of fused-ring (bicyclic) bond motifs is 1. The Hall–Kier alpha value is -1.73. The highest BCUT2D eigenvalue weighted by Gasteiger charge is 2.17. The average Bonchev–Trinajstić information content (AvgIpc) is 2.85. The molecule has 2 aromatic rings. The molecule has 7 heteroatoms. The number of benzene rings is 1. The van der Waals surface area contributed by atoms with E-state index in [1.54, 1.807) is 7.11 Å². The molecular formula is C14H15NO4S2. The molecule has 0 bridgehead atoms. The molecule has 0 aliphatic rings. The van der Waals surface area contributed by atoms with Crippen LogP contribution in [-0.2, 0) is 9.53 Å². The van der Waals surface area contributed by atoms with Crippen LogP contribution < -0.4 is 10.5 Å². The van der Waals surface area contributed by atoms with Gasteiger partial charge in [-0.25, -0.2) is 0 Å². The molecule has 0 aliphatic carbocycles. The van der Waals surface area contributed by atoms with Crippen molar-refractivity contribution in [1.82, 2.24) is 0 Å². The predicted molar refractivity (Wildman–Crippen MR) is 84.3 cm³/mol. The van der Waals surface area contributed by atoms with Crippen LogP contribution in [0.2, 0.25) is 0 Å². The average molecular weight is 325 g/mol. The number of hydrogen-bond donors (Lipinski definition) is 1. The van der Waals surface area contributed by atoms with Gasteiger partial charge in [0.15, 0.2) is 0 Å². The highest BCUT2D eigenvalue weighted by atomic mass is 32.2. The van der Waals surface area contributed by atoms with Gasteiger partial charge in [-0.05, 0) is 18.2 Å². The fraction of sp³-hybridized carbons (Fsp3) is 0.286. The zero-order valence-electron chi connectivity index (χ0n) is 11.7. The molecule has 1 amide bonds. The minimum Gasteiger partial charge on any atom is -0.497 e. The molecule has 2 rings (SSSR count). The third-order valence-corrected chi connectivity index (χ3v) is 5.29. The van der Waals surface area contributed by atoms with Crippen LogP contribution in [0.3, 0.4) is 0 Å². The Labute approximate surface area is 130 Å². The number of nitrogens with two attached hydrogens (primary N) is 1. The number of carbonyl (C=O) groups excluding carboxylic acids is 2. The van der Waals surface area contributed by atoms with Crippen molar-refractivity contribution in [2.24, 2.45) is 5.73 Å². The number of hydrogen-bond acceptors (Lipinski definition) is 6. The number of methoxy groups -OCH3 is 2. The molecule has 1 aromatic carbocycles. The van der Waals surface area contributed by atoms with Crippen molar-refractivity contribution in [3.8, 4) is 5.75 Å². The lowest BCUT2D eigenvalue weighted by Crippen LogP contribution is -2.10. The van der Waals surface area contributed by atoms with Crippen LogP contribution in [-0.4, -0.2) is 31.8 Å². The summed E-state index contributed by atoms with van der Waals surface area (Å²) in [5, 5.41) is 0.919. The molecule has 0 unspecified atom stereocenters. The summed E-state index contributed by atoms with van der Waals surface area (Å²) in [6.07, 6.45) is 0.278. The Kier molecular flexibility index (Phi) is 5.08. The second-order valence-corrected chi connectivity index (χ2v) is 6.32. The summed E-state index contributed by atoms with van der Waals surface area (Å²) in [5.74, 6) is 0.498. The highest BCUT2D eigenvalue weighted by Crippen LogP contribution is 2.39. The monoisotopic (exact) mass is 325 g/mol. The van der Waals surface area contributed by atoms with Crippen LogP contribution in [0, 0.1) is 0 Å². The van der Waals surface area contributed by atoms with Crippen molar-refractivity contribution in [1.29, 1.82) is 0 Å². The number of esters is 1. The molecule has 5 nitrogen and oxygen atoms in total. The van der Waals surface area contributed by atoms with E-state index >= 15 is 0 Å². The van der Waals surface area contributed by atoms with Gasteiger partial charge in [0, 0.05) is 20.7 Å². The van der Waals surface area contributed by atoms with E-state index < -0.39 is 5.91 Å². The molecule has 0 radical (unpaired) electrons. The fourth-order valence-electron chi connectivity index (χ4n) is 1.83. The van der Waals surface area contributed by atoms with Crippen molar-refractivity contribution in [3.05, 3.63) is 23.1 Å².